The average Bonchev–Trinajstić information content (AvgIpc) is 3.21. The number of nitrogens with zero attached hydrogens (tertiary/aromatic N) is 3. The van der Waals surface area contributed by atoms with Crippen LogP contribution in [0.25, 0.3) is 27.8 Å². The second kappa shape index (κ2) is 6.79. The number of carbonyl (C=O) groups is 2. The first kappa shape index (κ1) is 17.7. The van der Waals surface area contributed by atoms with Gasteiger partial charge in [0.05, 0.1) is 34.4 Å². The summed E-state index contributed by atoms with van der Waals surface area (Å²) in [7, 11) is 0. The minimum atomic E-state index is -1.22. The van der Waals surface area contributed by atoms with Crippen LogP contribution in [0.1, 0.15) is 20.7 Å². The minimum absolute atomic E-state index is 0.132. The van der Waals surface area contributed by atoms with Crippen LogP contribution in [0.2, 0.25) is 5.02 Å². The lowest BCUT2D eigenvalue weighted by Crippen LogP contribution is -2.04. The Hall–Kier alpha value is -3.71. The molecule has 2 heterocycles. The Morgan fingerprint density at radius 1 is 0.964 bits per heavy atom. The molecule has 0 radical (unpaired) electrons. The van der Waals surface area contributed by atoms with E-state index in [9.17, 15) is 19.8 Å². The monoisotopic (exact) mass is 393 g/mol. The molecule has 28 heavy (non-hydrogen) atoms. The lowest BCUT2D eigenvalue weighted by Gasteiger charge is -2.12. The van der Waals surface area contributed by atoms with E-state index in [1.54, 1.807) is 41.5 Å². The molecule has 138 valence electrons. The second-order valence-corrected chi connectivity index (χ2v) is 6.50. The van der Waals surface area contributed by atoms with Gasteiger partial charge in [0.2, 0.25) is 0 Å². The smallest absolute Gasteiger partial charge is 0.335 e. The number of pyridine rings is 1. The fourth-order valence-corrected chi connectivity index (χ4v) is 3.14. The van der Waals surface area contributed by atoms with Crippen molar-refractivity contribution in [2.45, 2.75) is 0 Å². The normalized spacial score (nSPS) is 10.9. The number of hydrogen-bond acceptors (Lipinski definition) is 4. The molecule has 8 heteroatoms. The van der Waals surface area contributed by atoms with Gasteiger partial charge in [-0.2, -0.15) is 0 Å². The molecule has 4 rings (SSSR count). The maximum absolute atomic E-state index is 11.4. The quantitative estimate of drug-likeness (QED) is 0.540. The predicted molar refractivity (Wildman–Crippen MR) is 103 cm³/mol. The molecule has 0 unspecified atom stereocenters. The number of rotatable bonds is 4. The van der Waals surface area contributed by atoms with E-state index >= 15 is 0 Å². The molecule has 4 aromatic rings. The van der Waals surface area contributed by atoms with Gasteiger partial charge < -0.3 is 14.8 Å². The molecular weight excluding hydrogens is 382 g/mol. The Labute approximate surface area is 163 Å². The molecule has 0 amide bonds. The number of hydrogen-bond donors (Lipinski definition) is 2. The Kier molecular flexibility index (Phi) is 4.29. The fraction of sp³-hybridized carbons (Fsp3) is 0. The summed E-state index contributed by atoms with van der Waals surface area (Å²) >= 11 is 6.11. The topological polar surface area (TPSA) is 105 Å². The van der Waals surface area contributed by atoms with E-state index in [1.807, 2.05) is 6.07 Å². The summed E-state index contributed by atoms with van der Waals surface area (Å²) in [6, 6.07) is 10.9. The largest absolute Gasteiger partial charge is 0.478 e. The molecule has 0 saturated heterocycles. The predicted octanol–water partition coefficient (Wildman–Crippen LogP) is 4.14. The third-order valence-corrected chi connectivity index (χ3v) is 4.49. The maximum Gasteiger partial charge on any atom is 0.335 e. The third-order valence-electron chi connectivity index (χ3n) is 4.26. The molecule has 7 nitrogen and oxygen atoms in total. The van der Waals surface area contributed by atoms with E-state index in [0.717, 1.165) is 17.1 Å². The molecule has 0 aliphatic rings. The van der Waals surface area contributed by atoms with E-state index in [1.165, 1.54) is 12.1 Å². The van der Waals surface area contributed by atoms with Crippen molar-refractivity contribution in [2.75, 3.05) is 0 Å². The van der Waals surface area contributed by atoms with Crippen molar-refractivity contribution in [3.63, 3.8) is 0 Å². The summed E-state index contributed by atoms with van der Waals surface area (Å²) in [5.41, 5.74) is 1.88. The van der Waals surface area contributed by atoms with Crippen LogP contribution in [-0.4, -0.2) is 36.7 Å². The Bertz CT molecular complexity index is 1200. The van der Waals surface area contributed by atoms with Gasteiger partial charge in [-0.05, 0) is 42.5 Å². The molecule has 0 spiro atoms. The number of halogens is 1. The van der Waals surface area contributed by atoms with Crippen LogP contribution in [0.5, 0.6) is 0 Å². The van der Waals surface area contributed by atoms with Gasteiger partial charge in [0, 0.05) is 28.4 Å². The number of benzene rings is 2. The first-order chi connectivity index (χ1) is 13.4. The summed E-state index contributed by atoms with van der Waals surface area (Å²) in [5.74, 6) is -2.44. The van der Waals surface area contributed by atoms with Gasteiger partial charge in [0.25, 0.3) is 0 Å². The highest BCUT2D eigenvalue weighted by Gasteiger charge is 2.15. The van der Waals surface area contributed by atoms with Crippen LogP contribution >= 0.6 is 11.6 Å². The van der Waals surface area contributed by atoms with Crippen molar-refractivity contribution >= 4 is 34.4 Å². The van der Waals surface area contributed by atoms with Crippen LogP contribution in [0.3, 0.4) is 0 Å². The van der Waals surface area contributed by atoms with Crippen molar-refractivity contribution < 1.29 is 19.8 Å². The summed E-state index contributed by atoms with van der Waals surface area (Å²) in [6.07, 6.45) is 5.03. The van der Waals surface area contributed by atoms with E-state index in [2.05, 4.69) is 9.97 Å². The molecule has 2 aromatic heterocycles. The van der Waals surface area contributed by atoms with E-state index in [4.69, 9.17) is 11.6 Å². The molecule has 0 fully saturated rings. The van der Waals surface area contributed by atoms with Crippen molar-refractivity contribution in [1.82, 2.24) is 14.5 Å². The lowest BCUT2D eigenvalue weighted by molar-refractivity contribution is 0.0696. The first-order valence-corrected chi connectivity index (χ1v) is 8.51. The lowest BCUT2D eigenvalue weighted by atomic mass is 10.0. The van der Waals surface area contributed by atoms with E-state index in [0.29, 0.717) is 21.8 Å². The average molecular weight is 394 g/mol. The number of carboxylic acid groups (broad SMARTS) is 2. The highest BCUT2D eigenvalue weighted by Crippen LogP contribution is 2.30. The summed E-state index contributed by atoms with van der Waals surface area (Å²) in [5, 5.41) is 20.0. The van der Waals surface area contributed by atoms with Crippen LogP contribution < -0.4 is 0 Å². The van der Waals surface area contributed by atoms with Gasteiger partial charge in [-0.15, -0.1) is 0 Å². The van der Waals surface area contributed by atoms with Crippen LogP contribution in [0.4, 0.5) is 0 Å². The summed E-state index contributed by atoms with van der Waals surface area (Å²) in [4.78, 5) is 31.5. The number of imidazole rings is 1. The zero-order valence-electron chi connectivity index (χ0n) is 14.2. The Morgan fingerprint density at radius 2 is 1.68 bits per heavy atom. The number of aromatic nitrogens is 3. The second-order valence-electron chi connectivity index (χ2n) is 6.07. The van der Waals surface area contributed by atoms with Crippen molar-refractivity contribution in [3.8, 4) is 16.9 Å². The van der Waals surface area contributed by atoms with E-state index < -0.39 is 11.9 Å². The zero-order valence-corrected chi connectivity index (χ0v) is 15.0. The molecule has 2 aromatic carbocycles. The van der Waals surface area contributed by atoms with Gasteiger partial charge >= 0.3 is 11.9 Å². The van der Waals surface area contributed by atoms with Crippen LogP contribution in [0, 0.1) is 0 Å². The highest BCUT2D eigenvalue weighted by atomic mass is 35.5. The molecule has 0 aliphatic heterocycles. The van der Waals surface area contributed by atoms with Gasteiger partial charge in [-0.1, -0.05) is 11.6 Å². The van der Waals surface area contributed by atoms with Crippen molar-refractivity contribution in [1.29, 1.82) is 0 Å². The maximum atomic E-state index is 11.4. The Morgan fingerprint density at radius 3 is 2.29 bits per heavy atom. The van der Waals surface area contributed by atoms with E-state index in [-0.39, 0.29) is 11.1 Å². The molecule has 0 saturated carbocycles. The molecule has 0 aliphatic carbocycles. The summed E-state index contributed by atoms with van der Waals surface area (Å²) in [6.45, 7) is 0. The van der Waals surface area contributed by atoms with Gasteiger partial charge in [-0.3, -0.25) is 0 Å². The first-order valence-electron chi connectivity index (χ1n) is 8.13. The SMILES string of the molecule is O=C(O)c1cc(C(=O)O)cc(-c2cc(-n3ccnc3)c3ccc(Cl)cc3n2)c1. The highest BCUT2D eigenvalue weighted by molar-refractivity contribution is 6.31. The van der Waals surface area contributed by atoms with Crippen molar-refractivity contribution in [2.24, 2.45) is 0 Å². The summed E-state index contributed by atoms with van der Waals surface area (Å²) < 4.78 is 1.79. The van der Waals surface area contributed by atoms with Gasteiger partial charge in [0.1, 0.15) is 0 Å². The third kappa shape index (κ3) is 3.19. The zero-order chi connectivity index (χ0) is 19.8. The molecule has 0 bridgehead atoms. The van der Waals surface area contributed by atoms with Crippen molar-refractivity contribution in [3.05, 3.63) is 77.3 Å². The Balaban J connectivity index is 2.02. The molecule has 2 N–H and O–H groups in total. The molecular formula is C20H12ClN3O4. The standard InChI is InChI=1S/C20H12ClN3O4/c21-14-1-2-15-17(8-14)23-16(9-18(15)24-4-3-22-10-24)11-5-12(19(25)26)7-13(6-11)20(27)28/h1-10H,(H,25,26)(H,27,28). The van der Waals surface area contributed by atoms with Gasteiger partial charge in [0.15, 0.2) is 0 Å². The fourth-order valence-electron chi connectivity index (χ4n) is 2.97. The molecule has 0 atom stereocenters. The number of carboxylic acids is 2. The number of aromatic carboxylic acids is 2. The van der Waals surface area contributed by atoms with Crippen LogP contribution in [0.15, 0.2) is 61.2 Å². The van der Waals surface area contributed by atoms with Crippen LogP contribution in [-0.2, 0) is 0 Å². The number of fused-ring (bicyclic) bond motifs is 1. The van der Waals surface area contributed by atoms with Gasteiger partial charge in [-0.25, -0.2) is 19.6 Å². The minimum Gasteiger partial charge on any atom is -0.478 e.